The Morgan fingerprint density at radius 3 is 1.44 bits per heavy atom. The zero-order chi connectivity index (χ0) is 8.08. The maximum absolute atomic E-state index is 9.08. The van der Waals surface area contributed by atoms with Gasteiger partial charge in [-0.15, -0.1) is 0 Å². The van der Waals surface area contributed by atoms with Gasteiger partial charge in [0, 0.05) is 6.26 Å². The Morgan fingerprint density at radius 2 is 1.44 bits per heavy atom. The number of hydrogen-bond acceptors (Lipinski definition) is 3. The van der Waals surface area contributed by atoms with E-state index in [2.05, 4.69) is 6.72 Å². The molecule has 0 saturated heterocycles. The summed E-state index contributed by atoms with van der Waals surface area (Å²) in [5, 5.41) is 0. The van der Waals surface area contributed by atoms with Crippen LogP contribution in [0.2, 0.25) is 0 Å². The van der Waals surface area contributed by atoms with E-state index in [1.165, 1.54) is 0 Å². The minimum Gasteiger partial charge on any atom is -0.748 e. The fourth-order valence-corrected chi connectivity index (χ4v) is 0. The van der Waals surface area contributed by atoms with E-state index in [9.17, 15) is 0 Å². The molecule has 0 aromatic carbocycles. The summed E-state index contributed by atoms with van der Waals surface area (Å²) in [7, 11) is -0.139. The van der Waals surface area contributed by atoms with E-state index in [1.807, 2.05) is 14.1 Å². The summed E-state index contributed by atoms with van der Waals surface area (Å²) >= 11 is 0. The van der Waals surface area contributed by atoms with Gasteiger partial charge in [-0.2, -0.15) is 0 Å². The van der Waals surface area contributed by atoms with Gasteiger partial charge >= 0.3 is 0 Å². The predicted molar refractivity (Wildman–Crippen MR) is 34.9 cm³/mol. The summed E-state index contributed by atoms with van der Waals surface area (Å²) in [5.74, 6) is 0. The van der Waals surface area contributed by atoms with Crippen LogP contribution in [0.25, 0.3) is 0 Å². The molecule has 5 heteroatoms. The summed E-state index contributed by atoms with van der Waals surface area (Å²) in [4.78, 5) is 0. The number of hydrogen-bond donors (Lipinski definition) is 0. The van der Waals surface area contributed by atoms with Gasteiger partial charge in [-0.25, -0.2) is 13.0 Å². The molecule has 0 radical (unpaired) electrons. The van der Waals surface area contributed by atoms with E-state index < -0.39 is 10.1 Å². The number of nitrogens with zero attached hydrogens (tertiary/aromatic N) is 1. The largest absolute Gasteiger partial charge is 0.748 e. The van der Waals surface area contributed by atoms with Crippen LogP contribution in [-0.4, -0.2) is 44.6 Å². The minimum atomic E-state index is -3.92. The van der Waals surface area contributed by atoms with Crippen LogP contribution in [-0.2, 0) is 10.1 Å². The maximum atomic E-state index is 9.08. The van der Waals surface area contributed by atoms with Gasteiger partial charge in [0.1, 0.15) is 20.8 Å². The molecule has 0 N–H and O–H groups in total. The Kier molecular flexibility index (Phi) is 5.64. The first kappa shape index (κ1) is 11.4. The third-order valence-corrected chi connectivity index (χ3v) is 0. The van der Waals surface area contributed by atoms with Crippen LogP contribution in [0.4, 0.5) is 0 Å². The Labute approximate surface area is 55.6 Å². The zero-order valence-electron chi connectivity index (χ0n) is 5.79. The predicted octanol–water partition coefficient (Wildman–Crippen LogP) is -0.879. The molecule has 0 amide bonds. The molecule has 0 unspecified atom stereocenters. The Bertz CT molecular complexity index is 158. The first-order valence-electron chi connectivity index (χ1n) is 2.12. The van der Waals surface area contributed by atoms with E-state index in [1.54, 1.807) is 4.58 Å². The molecule has 9 heavy (non-hydrogen) atoms. The molecule has 0 saturated carbocycles. The smallest absolute Gasteiger partial charge is 0.131 e. The lowest BCUT2D eigenvalue weighted by Gasteiger charge is -1.90. The highest BCUT2D eigenvalue weighted by Gasteiger charge is 1.65. The highest BCUT2D eigenvalue weighted by atomic mass is 32.2. The van der Waals surface area contributed by atoms with Crippen molar-refractivity contribution in [1.29, 1.82) is 0 Å². The molecule has 0 spiro atoms. The highest BCUT2D eigenvalue weighted by molar-refractivity contribution is 7.84. The van der Waals surface area contributed by atoms with Crippen molar-refractivity contribution in [3.8, 4) is 0 Å². The quantitative estimate of drug-likeness (QED) is 0.258. The van der Waals surface area contributed by atoms with E-state index in [4.69, 9.17) is 13.0 Å². The SMILES string of the molecule is C=[N+](C)C.CS(=O)(=O)[O-]. The third-order valence-electron chi connectivity index (χ3n) is 0. The van der Waals surface area contributed by atoms with Crippen LogP contribution < -0.4 is 0 Å². The van der Waals surface area contributed by atoms with Crippen molar-refractivity contribution in [3.63, 3.8) is 0 Å². The number of rotatable bonds is 0. The van der Waals surface area contributed by atoms with Gasteiger partial charge in [-0.05, 0) is 0 Å². The zero-order valence-corrected chi connectivity index (χ0v) is 6.60. The molecule has 0 heterocycles. The third kappa shape index (κ3) is 1340. The van der Waals surface area contributed by atoms with Gasteiger partial charge < -0.3 is 4.55 Å². The van der Waals surface area contributed by atoms with Gasteiger partial charge in [-0.1, -0.05) is 0 Å². The lowest BCUT2D eigenvalue weighted by atomic mass is 11.1. The van der Waals surface area contributed by atoms with E-state index in [-0.39, 0.29) is 0 Å². The van der Waals surface area contributed by atoms with Crippen molar-refractivity contribution in [2.75, 3.05) is 20.4 Å². The van der Waals surface area contributed by atoms with Crippen molar-refractivity contribution < 1.29 is 17.5 Å². The minimum absolute atomic E-state index is 0.604. The van der Waals surface area contributed by atoms with Gasteiger partial charge in [0.05, 0.1) is 10.1 Å². The summed E-state index contributed by atoms with van der Waals surface area (Å²) in [6, 6.07) is 0. The molecule has 0 aliphatic carbocycles. The van der Waals surface area contributed by atoms with Crippen LogP contribution in [0.15, 0.2) is 0 Å². The second-order valence-electron chi connectivity index (χ2n) is 1.78. The maximum Gasteiger partial charge on any atom is 0.131 e. The average molecular weight is 153 g/mol. The van der Waals surface area contributed by atoms with Crippen molar-refractivity contribution in [2.24, 2.45) is 0 Å². The van der Waals surface area contributed by atoms with Crippen LogP contribution in [0.3, 0.4) is 0 Å². The Hall–Kier alpha value is -0.420. The summed E-state index contributed by atoms with van der Waals surface area (Å²) < 4.78 is 29.0. The van der Waals surface area contributed by atoms with Crippen LogP contribution >= 0.6 is 0 Å². The summed E-state index contributed by atoms with van der Waals surface area (Å²) in [5.41, 5.74) is 0. The second kappa shape index (κ2) is 4.46. The fourth-order valence-electron chi connectivity index (χ4n) is 0. The lowest BCUT2D eigenvalue weighted by molar-refractivity contribution is -0.454. The molecular weight excluding hydrogens is 142 g/mol. The standard InChI is InChI=1S/C3H8N.CH4O3S/c1-4(2)3;1-5(2,3)4/h1H2,2-3H3;1H3,(H,2,3,4)/q+1;/p-1. The van der Waals surface area contributed by atoms with Crippen molar-refractivity contribution in [2.45, 2.75) is 0 Å². The molecular formula is C4H11NO3S. The van der Waals surface area contributed by atoms with E-state index in [0.717, 1.165) is 0 Å². The van der Waals surface area contributed by atoms with Gasteiger partial charge in [0.15, 0.2) is 0 Å². The molecule has 0 aromatic heterocycles. The molecule has 0 fully saturated rings. The highest BCUT2D eigenvalue weighted by Crippen LogP contribution is 1.59. The summed E-state index contributed by atoms with van der Waals surface area (Å²) in [6.45, 7) is 3.47. The molecule has 0 atom stereocenters. The van der Waals surface area contributed by atoms with Crippen molar-refractivity contribution >= 4 is 16.8 Å². The van der Waals surface area contributed by atoms with Crippen LogP contribution in [0, 0.1) is 0 Å². The first-order chi connectivity index (χ1) is 3.73. The Balaban J connectivity index is 0. The van der Waals surface area contributed by atoms with Gasteiger partial charge in [0.2, 0.25) is 0 Å². The van der Waals surface area contributed by atoms with Gasteiger partial charge in [-0.3, -0.25) is 0 Å². The molecule has 0 aromatic rings. The molecule has 0 aliphatic rings. The average Bonchev–Trinajstić information content (AvgIpc) is 1.19. The molecule has 56 valence electrons. The molecule has 0 rings (SSSR count). The topological polar surface area (TPSA) is 60.2 Å². The van der Waals surface area contributed by atoms with E-state index >= 15 is 0 Å². The molecule has 0 bridgehead atoms. The van der Waals surface area contributed by atoms with Crippen molar-refractivity contribution in [3.05, 3.63) is 0 Å². The van der Waals surface area contributed by atoms with E-state index in [0.29, 0.717) is 6.26 Å². The monoisotopic (exact) mass is 153 g/mol. The fraction of sp³-hybridized carbons (Fsp3) is 0.750. The van der Waals surface area contributed by atoms with Gasteiger partial charge in [0.25, 0.3) is 0 Å². The second-order valence-corrected chi connectivity index (χ2v) is 3.19. The van der Waals surface area contributed by atoms with Crippen LogP contribution in [0.1, 0.15) is 0 Å². The molecule has 4 nitrogen and oxygen atoms in total. The first-order valence-corrected chi connectivity index (χ1v) is 3.94. The Morgan fingerprint density at radius 1 is 1.44 bits per heavy atom. The summed E-state index contributed by atoms with van der Waals surface area (Å²) in [6.07, 6.45) is 0.604. The molecule has 0 aliphatic heterocycles. The van der Waals surface area contributed by atoms with Crippen molar-refractivity contribution in [1.82, 2.24) is 0 Å². The van der Waals surface area contributed by atoms with Crippen LogP contribution in [0.5, 0.6) is 0 Å². The lowest BCUT2D eigenvalue weighted by Crippen LogP contribution is -1.88. The normalized spacial score (nSPS) is 9.33.